The first kappa shape index (κ1) is 12.6. The highest BCUT2D eigenvalue weighted by atomic mass is 15.3. The number of nitrogens with one attached hydrogen (secondary N) is 2. The fourth-order valence-corrected chi connectivity index (χ4v) is 2.07. The summed E-state index contributed by atoms with van der Waals surface area (Å²) in [5.41, 5.74) is 3.32. The van der Waals surface area contributed by atoms with E-state index in [1.807, 2.05) is 31.4 Å². The average Bonchev–Trinajstić information content (AvgIpc) is 3.09. The number of hydrogen-bond acceptors (Lipinski definition) is 4. The van der Waals surface area contributed by atoms with Crippen molar-refractivity contribution in [2.45, 2.75) is 13.1 Å². The molecular weight excluding hydrogens is 252 g/mol. The summed E-state index contributed by atoms with van der Waals surface area (Å²) in [7, 11) is 1.86. The molecule has 0 saturated carbocycles. The van der Waals surface area contributed by atoms with Crippen molar-refractivity contribution in [1.29, 1.82) is 0 Å². The van der Waals surface area contributed by atoms with Crippen LogP contribution in [0.5, 0.6) is 0 Å². The van der Waals surface area contributed by atoms with E-state index < -0.39 is 0 Å². The van der Waals surface area contributed by atoms with Crippen LogP contribution in [0.4, 0.5) is 0 Å². The van der Waals surface area contributed by atoms with Crippen LogP contribution in [0.15, 0.2) is 42.9 Å². The van der Waals surface area contributed by atoms with E-state index in [0.717, 1.165) is 29.2 Å². The van der Waals surface area contributed by atoms with Crippen LogP contribution < -0.4 is 5.32 Å². The number of H-pyrrole nitrogens is 1. The van der Waals surface area contributed by atoms with Gasteiger partial charge in [-0.25, -0.2) is 4.98 Å². The highest BCUT2D eigenvalue weighted by molar-refractivity contribution is 5.62. The van der Waals surface area contributed by atoms with Crippen LogP contribution in [-0.4, -0.2) is 25.0 Å². The lowest BCUT2D eigenvalue weighted by Gasteiger charge is -2.04. The topological polar surface area (TPSA) is 71.4 Å². The van der Waals surface area contributed by atoms with Crippen molar-refractivity contribution < 1.29 is 0 Å². The predicted octanol–water partition coefficient (Wildman–Crippen LogP) is 1.49. The Balaban J connectivity index is 1.65. The van der Waals surface area contributed by atoms with Gasteiger partial charge in [-0.1, -0.05) is 30.3 Å². The summed E-state index contributed by atoms with van der Waals surface area (Å²) in [5.74, 6) is 0.789. The van der Waals surface area contributed by atoms with Crippen molar-refractivity contribution in [3.63, 3.8) is 0 Å². The predicted molar refractivity (Wildman–Crippen MR) is 75.6 cm³/mol. The van der Waals surface area contributed by atoms with E-state index in [2.05, 4.69) is 37.7 Å². The second-order valence-electron chi connectivity index (χ2n) is 4.57. The third-order valence-corrected chi connectivity index (χ3v) is 3.03. The summed E-state index contributed by atoms with van der Waals surface area (Å²) in [4.78, 5) is 4.18. The largest absolute Gasteiger partial charge is 0.306 e. The number of aromatic nitrogens is 5. The number of benzene rings is 1. The summed E-state index contributed by atoms with van der Waals surface area (Å²) in [6.45, 7) is 1.36. The Morgan fingerprint density at radius 2 is 2.05 bits per heavy atom. The summed E-state index contributed by atoms with van der Waals surface area (Å²) >= 11 is 0. The molecule has 20 heavy (non-hydrogen) atoms. The molecule has 0 aliphatic heterocycles. The first-order chi connectivity index (χ1) is 9.83. The monoisotopic (exact) mass is 268 g/mol. The molecular formula is C14H16N6. The van der Waals surface area contributed by atoms with Crippen LogP contribution in [0.25, 0.3) is 11.3 Å². The van der Waals surface area contributed by atoms with Gasteiger partial charge < -0.3 is 5.32 Å². The van der Waals surface area contributed by atoms with E-state index in [1.165, 1.54) is 0 Å². The van der Waals surface area contributed by atoms with Crippen molar-refractivity contribution in [1.82, 2.24) is 30.3 Å². The summed E-state index contributed by atoms with van der Waals surface area (Å²) < 4.78 is 1.70. The number of aryl methyl sites for hydroxylation is 1. The maximum atomic E-state index is 4.23. The van der Waals surface area contributed by atoms with E-state index in [1.54, 1.807) is 11.0 Å². The minimum atomic E-state index is 0.639. The van der Waals surface area contributed by atoms with Crippen LogP contribution >= 0.6 is 0 Å². The Labute approximate surface area is 116 Å². The molecule has 3 rings (SSSR count). The maximum Gasteiger partial charge on any atom is 0.164 e. The maximum absolute atomic E-state index is 4.23. The lowest BCUT2D eigenvalue weighted by molar-refractivity contribution is 0.650. The van der Waals surface area contributed by atoms with Gasteiger partial charge in [0.25, 0.3) is 0 Å². The molecule has 0 spiro atoms. The van der Waals surface area contributed by atoms with E-state index in [4.69, 9.17) is 0 Å². The Morgan fingerprint density at radius 3 is 2.80 bits per heavy atom. The molecule has 0 amide bonds. The first-order valence-electron chi connectivity index (χ1n) is 6.46. The molecule has 2 aromatic heterocycles. The molecule has 0 unspecified atom stereocenters. The third-order valence-electron chi connectivity index (χ3n) is 3.03. The Morgan fingerprint density at radius 1 is 1.20 bits per heavy atom. The second kappa shape index (κ2) is 5.66. The number of aromatic amines is 1. The van der Waals surface area contributed by atoms with E-state index in [-0.39, 0.29) is 0 Å². The molecule has 0 aliphatic carbocycles. The van der Waals surface area contributed by atoms with Gasteiger partial charge >= 0.3 is 0 Å². The molecule has 1 aromatic carbocycles. The standard InChI is InChI=1S/C14H16N6/c1-20-10-16-13(19-20)9-15-7-12-8-17-18-14(12)11-5-3-2-4-6-11/h2-6,8,10,15H,7,9H2,1H3,(H,17,18). The van der Waals surface area contributed by atoms with Gasteiger partial charge in [0.15, 0.2) is 5.82 Å². The zero-order chi connectivity index (χ0) is 13.8. The Hall–Kier alpha value is -2.47. The number of rotatable bonds is 5. The van der Waals surface area contributed by atoms with E-state index >= 15 is 0 Å². The third kappa shape index (κ3) is 2.75. The van der Waals surface area contributed by atoms with Crippen molar-refractivity contribution in [3.05, 3.63) is 54.2 Å². The minimum Gasteiger partial charge on any atom is -0.306 e. The molecule has 0 fully saturated rings. The Bertz CT molecular complexity index is 670. The van der Waals surface area contributed by atoms with Crippen LogP contribution in [0, 0.1) is 0 Å². The lowest BCUT2D eigenvalue weighted by atomic mass is 10.1. The second-order valence-corrected chi connectivity index (χ2v) is 4.57. The fourth-order valence-electron chi connectivity index (χ4n) is 2.07. The van der Waals surface area contributed by atoms with Gasteiger partial charge in [0.05, 0.1) is 18.4 Å². The smallest absolute Gasteiger partial charge is 0.164 e. The van der Waals surface area contributed by atoms with Gasteiger partial charge in [-0.3, -0.25) is 9.78 Å². The van der Waals surface area contributed by atoms with Gasteiger partial charge in [0, 0.05) is 19.2 Å². The summed E-state index contributed by atoms with van der Waals surface area (Å²) in [5, 5.41) is 14.7. The molecule has 0 radical (unpaired) electrons. The number of hydrogen-bond donors (Lipinski definition) is 2. The van der Waals surface area contributed by atoms with Gasteiger partial charge in [0.2, 0.25) is 0 Å². The van der Waals surface area contributed by atoms with Crippen LogP contribution in [0.2, 0.25) is 0 Å². The molecule has 2 N–H and O–H groups in total. The molecule has 0 aliphatic rings. The Kier molecular flexibility index (Phi) is 3.56. The summed E-state index contributed by atoms with van der Waals surface area (Å²) in [6, 6.07) is 10.2. The molecule has 102 valence electrons. The zero-order valence-corrected chi connectivity index (χ0v) is 11.2. The van der Waals surface area contributed by atoms with Gasteiger partial charge in [-0.15, -0.1) is 0 Å². The van der Waals surface area contributed by atoms with Crippen molar-refractivity contribution in [3.8, 4) is 11.3 Å². The van der Waals surface area contributed by atoms with Crippen LogP contribution in [-0.2, 0) is 20.1 Å². The van der Waals surface area contributed by atoms with Gasteiger partial charge in [-0.05, 0) is 5.56 Å². The molecule has 0 bridgehead atoms. The SMILES string of the molecule is Cn1cnc(CNCc2cn[nH]c2-c2ccccc2)n1. The molecule has 6 nitrogen and oxygen atoms in total. The van der Waals surface area contributed by atoms with Crippen molar-refractivity contribution in [2.75, 3.05) is 0 Å². The first-order valence-corrected chi connectivity index (χ1v) is 6.46. The van der Waals surface area contributed by atoms with E-state index in [0.29, 0.717) is 6.54 Å². The minimum absolute atomic E-state index is 0.639. The average molecular weight is 268 g/mol. The van der Waals surface area contributed by atoms with Gasteiger partial charge in [0.1, 0.15) is 6.33 Å². The molecule has 2 heterocycles. The molecule has 0 atom stereocenters. The van der Waals surface area contributed by atoms with E-state index in [9.17, 15) is 0 Å². The fraction of sp³-hybridized carbons (Fsp3) is 0.214. The molecule has 3 aromatic rings. The molecule has 0 saturated heterocycles. The van der Waals surface area contributed by atoms with Gasteiger partial charge in [-0.2, -0.15) is 10.2 Å². The lowest BCUT2D eigenvalue weighted by Crippen LogP contribution is -2.14. The normalized spacial score (nSPS) is 10.8. The highest BCUT2D eigenvalue weighted by Crippen LogP contribution is 2.20. The quantitative estimate of drug-likeness (QED) is 0.735. The summed E-state index contributed by atoms with van der Waals surface area (Å²) in [6.07, 6.45) is 3.55. The van der Waals surface area contributed by atoms with Crippen molar-refractivity contribution in [2.24, 2.45) is 7.05 Å². The van der Waals surface area contributed by atoms with Crippen LogP contribution in [0.3, 0.4) is 0 Å². The van der Waals surface area contributed by atoms with Crippen LogP contribution in [0.1, 0.15) is 11.4 Å². The zero-order valence-electron chi connectivity index (χ0n) is 11.2. The van der Waals surface area contributed by atoms with Crippen molar-refractivity contribution >= 4 is 0 Å². The number of nitrogens with zero attached hydrogens (tertiary/aromatic N) is 4. The highest BCUT2D eigenvalue weighted by Gasteiger charge is 2.07. The molecule has 6 heteroatoms.